The molecule has 5 rings (SSSR count). The van der Waals surface area contributed by atoms with Gasteiger partial charge in [-0.1, -0.05) is 37.1 Å². The van der Waals surface area contributed by atoms with Crippen molar-refractivity contribution in [3.63, 3.8) is 0 Å². The van der Waals surface area contributed by atoms with Crippen molar-refractivity contribution in [3.8, 4) is 5.75 Å². The van der Waals surface area contributed by atoms with E-state index in [-0.39, 0.29) is 34.8 Å². The zero-order chi connectivity index (χ0) is 52.6. The number of nitrogens with two attached hydrogens (primary N) is 2. The molecule has 20 nitrogen and oxygen atoms in total. The number of nitrogens with zero attached hydrogens (tertiary/aromatic N) is 5. The number of para-hydroxylation sites is 2. The number of Topliss-reactive ketones (excluding diaryl/α,β-unsaturated/α-hetero) is 2. The maximum Gasteiger partial charge on any atom is 0.281 e. The minimum absolute atomic E-state index is 0.00121. The van der Waals surface area contributed by atoms with Gasteiger partial charge in [0.15, 0.2) is 5.78 Å². The number of aliphatic imine (C=N–C) groups is 1. The largest absolute Gasteiger partial charge is 0.506 e. The molecule has 1 aromatic heterocycles. The Morgan fingerprint density at radius 3 is 1.93 bits per heavy atom. The Balaban J connectivity index is 0.769. The zero-order valence-electron chi connectivity index (χ0n) is 42.3. The molecule has 0 fully saturated rings. The molecule has 0 radical (unpaired) electrons. The normalized spacial score (nSPS) is 11.7. The smallest absolute Gasteiger partial charge is 0.281 e. The monoisotopic (exact) mass is 1020 g/mol. The molecule has 0 bridgehead atoms. The molecule has 0 spiro atoms. The first-order chi connectivity index (χ1) is 36.1. The SMILES string of the molecule is COC(N)=NCCc1ccc(O)c(N=Nc2ccc(C(=O)CCCOCCOCCOCCOCCOCCOCCC(=O)CCCCCCn3c(NC(=O)c4cccc(C(N)=O)c4)nc4ccccc43)cc2)c1. The standard InChI is InChI=1S/C54H70N8O12/c1-68-53(56)57-24-22-40-16-21-50(65)47(38-40)61-60-44-19-17-41(18-20-44)49(64)15-9-26-69-28-30-71-32-34-73-36-37-74-35-33-72-31-29-70-27-23-45(63)12-4-2-3-7-25-62-48-14-6-5-13-46(48)58-54(62)59-52(67)43-11-8-10-42(39-43)51(55)66/h5-6,8,10-11,13-14,16-21,38-39,65H,2-4,7,9,12,15,22-37H2,1H3,(H2,55,66)(H2,56,57)(H,58,59,67). The third-order valence-electron chi connectivity index (χ3n) is 11.3. The highest BCUT2D eigenvalue weighted by atomic mass is 16.6. The molecule has 398 valence electrons. The van der Waals surface area contributed by atoms with Crippen molar-refractivity contribution < 1.29 is 57.4 Å². The van der Waals surface area contributed by atoms with Crippen LogP contribution in [0.2, 0.25) is 0 Å². The van der Waals surface area contributed by atoms with Crippen molar-refractivity contribution >= 4 is 57.8 Å². The molecule has 0 aliphatic rings. The number of phenolic OH excluding ortho intramolecular Hbond substituents is 1. The molecule has 6 N–H and O–H groups in total. The Morgan fingerprint density at radius 2 is 1.26 bits per heavy atom. The minimum atomic E-state index is -0.606. The van der Waals surface area contributed by atoms with Crippen LogP contribution < -0.4 is 16.8 Å². The van der Waals surface area contributed by atoms with Crippen LogP contribution in [0.1, 0.15) is 88.0 Å². The number of aryl methyl sites for hydroxylation is 1. The molecule has 0 saturated carbocycles. The number of ether oxygens (including phenoxy) is 7. The number of ketones is 2. The molecule has 1 heterocycles. The molecule has 0 aliphatic heterocycles. The molecule has 0 aliphatic carbocycles. The quantitative estimate of drug-likeness (QED) is 0.00971. The number of anilines is 1. The lowest BCUT2D eigenvalue weighted by Crippen LogP contribution is -2.18. The predicted octanol–water partition coefficient (Wildman–Crippen LogP) is 7.68. The van der Waals surface area contributed by atoms with Gasteiger partial charge >= 0.3 is 0 Å². The Kier molecular flexibility index (Phi) is 26.4. The number of amides is 2. The molecule has 4 aromatic carbocycles. The number of methoxy groups -OCH3 is 1. The summed E-state index contributed by atoms with van der Waals surface area (Å²) in [4.78, 5) is 58.4. The van der Waals surface area contributed by atoms with Crippen LogP contribution in [0, 0.1) is 0 Å². The van der Waals surface area contributed by atoms with E-state index in [0.29, 0.717) is 153 Å². The molecule has 0 saturated heterocycles. The lowest BCUT2D eigenvalue weighted by Gasteiger charge is -2.11. The van der Waals surface area contributed by atoms with Crippen molar-refractivity contribution in [3.05, 3.63) is 113 Å². The predicted molar refractivity (Wildman–Crippen MR) is 280 cm³/mol. The number of unbranched alkanes of at least 4 members (excludes halogenated alkanes) is 3. The summed E-state index contributed by atoms with van der Waals surface area (Å²) in [5.74, 6) is -0.386. The lowest BCUT2D eigenvalue weighted by molar-refractivity contribution is -0.120. The first-order valence-corrected chi connectivity index (χ1v) is 25.0. The summed E-state index contributed by atoms with van der Waals surface area (Å²) in [5.41, 5.74) is 15.5. The van der Waals surface area contributed by atoms with Gasteiger partial charge in [0.1, 0.15) is 17.2 Å². The van der Waals surface area contributed by atoms with Gasteiger partial charge in [-0.25, -0.2) is 9.98 Å². The number of azo groups is 1. The number of rotatable bonds is 38. The molecular weight excluding hydrogens is 953 g/mol. The van der Waals surface area contributed by atoms with Crippen LogP contribution in [-0.4, -0.2) is 137 Å². The topological polar surface area (TPSA) is 272 Å². The highest BCUT2D eigenvalue weighted by Crippen LogP contribution is 2.30. The number of phenols is 1. The van der Waals surface area contributed by atoms with Gasteiger partial charge in [-0.2, -0.15) is 5.11 Å². The van der Waals surface area contributed by atoms with E-state index in [2.05, 4.69) is 25.5 Å². The van der Waals surface area contributed by atoms with Crippen LogP contribution in [0.4, 0.5) is 17.3 Å². The maximum absolute atomic E-state index is 13.0. The summed E-state index contributed by atoms with van der Waals surface area (Å²) in [5, 5.41) is 21.5. The van der Waals surface area contributed by atoms with E-state index >= 15 is 0 Å². The fourth-order valence-electron chi connectivity index (χ4n) is 7.31. The number of aromatic hydroxyl groups is 1. The van der Waals surface area contributed by atoms with Crippen LogP contribution in [0.5, 0.6) is 5.75 Å². The van der Waals surface area contributed by atoms with Crippen molar-refractivity contribution in [2.45, 2.75) is 64.3 Å². The third kappa shape index (κ3) is 21.6. The van der Waals surface area contributed by atoms with Crippen molar-refractivity contribution in [1.82, 2.24) is 9.55 Å². The molecular formula is C54H70N8O12. The molecule has 0 unspecified atom stereocenters. The molecule has 74 heavy (non-hydrogen) atoms. The fraction of sp³-hybridized carbons (Fsp3) is 0.444. The second-order valence-corrected chi connectivity index (χ2v) is 16.9. The van der Waals surface area contributed by atoms with Crippen LogP contribution >= 0.6 is 0 Å². The zero-order valence-corrected chi connectivity index (χ0v) is 42.3. The highest BCUT2D eigenvalue weighted by Gasteiger charge is 2.16. The van der Waals surface area contributed by atoms with Gasteiger partial charge < -0.3 is 54.3 Å². The lowest BCUT2D eigenvalue weighted by atomic mass is 10.1. The number of carbonyl (C=O) groups excluding carboxylic acids is 4. The summed E-state index contributed by atoms with van der Waals surface area (Å²) in [6, 6.07) is 25.9. The van der Waals surface area contributed by atoms with Gasteiger partial charge in [0, 0.05) is 55.6 Å². The number of benzene rings is 4. The Morgan fingerprint density at radius 1 is 0.622 bits per heavy atom. The van der Waals surface area contributed by atoms with Gasteiger partial charge in [-0.05, 0) is 98.0 Å². The van der Waals surface area contributed by atoms with Crippen LogP contribution in [0.3, 0.4) is 0 Å². The van der Waals surface area contributed by atoms with Gasteiger partial charge in [0.2, 0.25) is 11.9 Å². The van der Waals surface area contributed by atoms with Crippen molar-refractivity contribution in [1.29, 1.82) is 0 Å². The summed E-state index contributed by atoms with van der Waals surface area (Å²) in [6.45, 7) is 6.10. The Hall–Kier alpha value is -6.94. The average molecular weight is 1020 g/mol. The Bertz CT molecular complexity index is 2570. The number of hydrogen-bond donors (Lipinski definition) is 4. The van der Waals surface area contributed by atoms with E-state index in [1.807, 2.05) is 28.8 Å². The van der Waals surface area contributed by atoms with E-state index in [9.17, 15) is 24.3 Å². The maximum atomic E-state index is 13.0. The van der Waals surface area contributed by atoms with E-state index in [1.54, 1.807) is 60.7 Å². The van der Waals surface area contributed by atoms with Crippen LogP contribution in [0.25, 0.3) is 11.0 Å². The highest BCUT2D eigenvalue weighted by molar-refractivity contribution is 6.06. The van der Waals surface area contributed by atoms with Gasteiger partial charge in [0.25, 0.3) is 11.9 Å². The van der Waals surface area contributed by atoms with E-state index in [4.69, 9.17) is 44.6 Å². The van der Waals surface area contributed by atoms with Crippen LogP contribution in [0.15, 0.2) is 106 Å². The first-order valence-electron chi connectivity index (χ1n) is 25.0. The van der Waals surface area contributed by atoms with E-state index < -0.39 is 5.91 Å². The summed E-state index contributed by atoms with van der Waals surface area (Å²) >= 11 is 0. The third-order valence-corrected chi connectivity index (χ3v) is 11.3. The van der Waals surface area contributed by atoms with Gasteiger partial charge in [-0.15, -0.1) is 5.11 Å². The Labute approximate surface area is 431 Å². The second-order valence-electron chi connectivity index (χ2n) is 16.9. The van der Waals surface area contributed by atoms with Gasteiger partial charge in [0.05, 0.1) is 96.5 Å². The summed E-state index contributed by atoms with van der Waals surface area (Å²) in [7, 11) is 1.45. The minimum Gasteiger partial charge on any atom is -0.506 e. The van der Waals surface area contributed by atoms with E-state index in [0.717, 1.165) is 42.3 Å². The second kappa shape index (κ2) is 33.7. The molecule has 2 amide bonds. The number of primary amides is 1. The molecule has 20 heteroatoms. The number of hydrogen-bond acceptors (Lipinski definition) is 16. The molecule has 0 atom stereocenters. The van der Waals surface area contributed by atoms with Crippen molar-refractivity contribution in [2.24, 2.45) is 26.7 Å². The molecule has 5 aromatic rings. The number of amidine groups is 1. The van der Waals surface area contributed by atoms with Gasteiger partial charge in [-0.3, -0.25) is 24.5 Å². The first kappa shape index (κ1) is 58.0. The van der Waals surface area contributed by atoms with Crippen molar-refractivity contribution in [2.75, 3.05) is 98.3 Å². The number of fused-ring (bicyclic) bond motifs is 1. The number of aromatic nitrogens is 2. The van der Waals surface area contributed by atoms with Crippen LogP contribution in [-0.2, 0) is 50.9 Å². The summed E-state index contributed by atoms with van der Waals surface area (Å²) < 4.78 is 40.2. The summed E-state index contributed by atoms with van der Waals surface area (Å²) in [6.07, 6.45) is 5.83. The number of nitrogens with one attached hydrogen (secondary N) is 1. The number of carbonyl (C=O) groups is 4. The average Bonchev–Trinajstić information content (AvgIpc) is 3.76. The van der Waals surface area contributed by atoms with E-state index in [1.165, 1.54) is 13.2 Å². The number of imidazole rings is 1. The fourth-order valence-corrected chi connectivity index (χ4v) is 7.31.